The molecule has 0 aliphatic carbocycles. The molecule has 0 bridgehead atoms. The van der Waals surface area contributed by atoms with Crippen molar-refractivity contribution in [3.05, 3.63) is 29.8 Å². The van der Waals surface area contributed by atoms with E-state index in [9.17, 15) is 9.59 Å². The predicted octanol–water partition coefficient (Wildman–Crippen LogP) is 1.45. The molecule has 2 amide bonds. The maximum Gasteiger partial charge on any atom is 0.277 e. The highest BCUT2D eigenvalue weighted by Gasteiger charge is 2.21. The molecular formula is C18H22N4O4S. The van der Waals surface area contributed by atoms with E-state index in [2.05, 4.69) is 10.2 Å². The van der Waals surface area contributed by atoms with Gasteiger partial charge >= 0.3 is 0 Å². The Kier molecular flexibility index (Phi) is 6.46. The van der Waals surface area contributed by atoms with E-state index in [1.807, 2.05) is 31.2 Å². The van der Waals surface area contributed by atoms with E-state index in [4.69, 9.17) is 9.15 Å². The van der Waals surface area contributed by atoms with Crippen LogP contribution in [0, 0.1) is 6.92 Å². The summed E-state index contributed by atoms with van der Waals surface area (Å²) in [5, 5.41) is 8.33. The van der Waals surface area contributed by atoms with Crippen LogP contribution in [0.4, 0.5) is 0 Å². The number of carbonyl (C=O) groups excluding carboxylic acids is 2. The second-order valence-electron chi connectivity index (χ2n) is 6.27. The van der Waals surface area contributed by atoms with Crippen LogP contribution in [0.2, 0.25) is 0 Å². The second kappa shape index (κ2) is 9.01. The lowest BCUT2D eigenvalue weighted by molar-refractivity contribution is -0.140. The minimum Gasteiger partial charge on any atom is -0.411 e. The Labute approximate surface area is 161 Å². The monoisotopic (exact) mass is 390 g/mol. The number of rotatable bonds is 6. The topological polar surface area (TPSA) is 88.8 Å². The van der Waals surface area contributed by atoms with E-state index in [-0.39, 0.29) is 24.1 Å². The summed E-state index contributed by atoms with van der Waals surface area (Å²) in [6.45, 7) is 4.26. The van der Waals surface area contributed by atoms with Gasteiger partial charge in [-0.1, -0.05) is 29.5 Å². The van der Waals surface area contributed by atoms with Crippen molar-refractivity contribution in [3.63, 3.8) is 0 Å². The standard InChI is InChI=1S/C18H22N4O4S/c1-13-4-3-5-14(10-13)17-19-20-18(26-17)27-12-16(24)21(2)11-15(23)22-6-8-25-9-7-22/h3-5,10H,6-9,11-12H2,1-2H3. The van der Waals surface area contributed by atoms with Gasteiger partial charge in [-0.05, 0) is 19.1 Å². The average molecular weight is 390 g/mol. The highest BCUT2D eigenvalue weighted by atomic mass is 32.2. The number of thioether (sulfide) groups is 1. The van der Waals surface area contributed by atoms with Gasteiger partial charge in [0.15, 0.2) is 0 Å². The molecule has 0 unspecified atom stereocenters. The molecule has 144 valence electrons. The van der Waals surface area contributed by atoms with Crippen molar-refractivity contribution in [2.75, 3.05) is 45.6 Å². The summed E-state index contributed by atoms with van der Waals surface area (Å²) in [5.74, 6) is 0.308. The summed E-state index contributed by atoms with van der Waals surface area (Å²) in [6, 6.07) is 7.76. The van der Waals surface area contributed by atoms with Gasteiger partial charge in [0.1, 0.15) is 0 Å². The molecule has 1 aromatic heterocycles. The second-order valence-corrected chi connectivity index (χ2v) is 7.20. The summed E-state index contributed by atoms with van der Waals surface area (Å²) in [5.41, 5.74) is 1.94. The minimum absolute atomic E-state index is 0.0533. The van der Waals surface area contributed by atoms with Gasteiger partial charge in [0.2, 0.25) is 17.7 Å². The number of aromatic nitrogens is 2. The number of amides is 2. The van der Waals surface area contributed by atoms with Crippen molar-refractivity contribution < 1.29 is 18.7 Å². The van der Waals surface area contributed by atoms with Crippen molar-refractivity contribution in [2.45, 2.75) is 12.1 Å². The first-order valence-corrected chi connectivity index (χ1v) is 9.64. The summed E-state index contributed by atoms with van der Waals surface area (Å²) >= 11 is 1.16. The van der Waals surface area contributed by atoms with Crippen LogP contribution in [0.25, 0.3) is 11.5 Å². The third-order valence-electron chi connectivity index (χ3n) is 4.15. The smallest absolute Gasteiger partial charge is 0.277 e. The van der Waals surface area contributed by atoms with Crippen LogP contribution >= 0.6 is 11.8 Å². The molecule has 1 aliphatic rings. The molecule has 0 radical (unpaired) electrons. The maximum absolute atomic E-state index is 12.3. The zero-order valence-corrected chi connectivity index (χ0v) is 16.2. The molecule has 8 nitrogen and oxygen atoms in total. The number of carbonyl (C=O) groups is 2. The van der Waals surface area contributed by atoms with Crippen LogP contribution in [0.3, 0.4) is 0 Å². The number of hydrogen-bond acceptors (Lipinski definition) is 7. The molecule has 1 aliphatic heterocycles. The van der Waals surface area contributed by atoms with Gasteiger partial charge in [-0.3, -0.25) is 9.59 Å². The van der Waals surface area contributed by atoms with E-state index in [1.54, 1.807) is 11.9 Å². The zero-order valence-electron chi connectivity index (χ0n) is 15.4. The van der Waals surface area contributed by atoms with E-state index >= 15 is 0 Å². The van der Waals surface area contributed by atoms with Crippen molar-refractivity contribution >= 4 is 23.6 Å². The fourth-order valence-corrected chi connectivity index (χ4v) is 3.30. The fourth-order valence-electron chi connectivity index (χ4n) is 2.60. The van der Waals surface area contributed by atoms with E-state index in [0.29, 0.717) is 37.4 Å². The third kappa shape index (κ3) is 5.30. The van der Waals surface area contributed by atoms with Crippen LogP contribution in [-0.4, -0.2) is 77.5 Å². The van der Waals surface area contributed by atoms with Crippen molar-refractivity contribution in [1.82, 2.24) is 20.0 Å². The average Bonchev–Trinajstić information content (AvgIpc) is 3.16. The first-order valence-electron chi connectivity index (χ1n) is 8.66. The van der Waals surface area contributed by atoms with Crippen LogP contribution in [0.5, 0.6) is 0 Å². The molecule has 0 N–H and O–H groups in total. The van der Waals surface area contributed by atoms with E-state index in [1.165, 1.54) is 4.90 Å². The van der Waals surface area contributed by atoms with Crippen molar-refractivity contribution in [2.24, 2.45) is 0 Å². The predicted molar refractivity (Wildman–Crippen MR) is 100 cm³/mol. The van der Waals surface area contributed by atoms with Crippen LogP contribution in [0.1, 0.15) is 5.56 Å². The first kappa shape index (κ1) is 19.4. The number of likely N-dealkylation sites (N-methyl/N-ethyl adjacent to an activating group) is 1. The molecule has 3 rings (SSSR count). The van der Waals surface area contributed by atoms with Gasteiger partial charge in [-0.25, -0.2) is 0 Å². The third-order valence-corrected chi connectivity index (χ3v) is 4.96. The molecule has 0 saturated carbocycles. The van der Waals surface area contributed by atoms with Crippen LogP contribution < -0.4 is 0 Å². The van der Waals surface area contributed by atoms with Gasteiger partial charge in [0.05, 0.1) is 25.5 Å². The van der Waals surface area contributed by atoms with Gasteiger partial charge in [0, 0.05) is 25.7 Å². The highest BCUT2D eigenvalue weighted by Crippen LogP contribution is 2.23. The molecular weight excluding hydrogens is 368 g/mol. The lowest BCUT2D eigenvalue weighted by Crippen LogP contribution is -2.46. The van der Waals surface area contributed by atoms with Crippen molar-refractivity contribution in [3.8, 4) is 11.5 Å². The van der Waals surface area contributed by atoms with Gasteiger partial charge in [-0.2, -0.15) is 0 Å². The number of ether oxygens (including phenoxy) is 1. The summed E-state index contributed by atoms with van der Waals surface area (Å²) in [4.78, 5) is 27.6. The van der Waals surface area contributed by atoms with Crippen LogP contribution in [-0.2, 0) is 14.3 Å². The summed E-state index contributed by atoms with van der Waals surface area (Å²) in [6.07, 6.45) is 0. The first-order chi connectivity index (χ1) is 13.0. The number of morpholine rings is 1. The van der Waals surface area contributed by atoms with Gasteiger partial charge in [0.25, 0.3) is 5.22 Å². The number of hydrogen-bond donors (Lipinski definition) is 0. The Balaban J connectivity index is 1.49. The van der Waals surface area contributed by atoms with E-state index < -0.39 is 0 Å². The van der Waals surface area contributed by atoms with Crippen LogP contribution in [0.15, 0.2) is 33.9 Å². The molecule has 0 atom stereocenters. The Morgan fingerprint density at radius 1 is 1.26 bits per heavy atom. The number of nitrogens with zero attached hydrogens (tertiary/aromatic N) is 4. The van der Waals surface area contributed by atoms with Crippen molar-refractivity contribution in [1.29, 1.82) is 0 Å². The number of benzene rings is 1. The quantitative estimate of drug-likeness (QED) is 0.690. The molecule has 9 heteroatoms. The van der Waals surface area contributed by atoms with E-state index in [0.717, 1.165) is 22.9 Å². The molecule has 1 fully saturated rings. The maximum atomic E-state index is 12.3. The highest BCUT2D eigenvalue weighted by molar-refractivity contribution is 7.99. The fraction of sp³-hybridized carbons (Fsp3) is 0.444. The molecule has 2 heterocycles. The van der Waals surface area contributed by atoms with Gasteiger partial charge in [-0.15, -0.1) is 10.2 Å². The lowest BCUT2D eigenvalue weighted by Gasteiger charge is -2.28. The Morgan fingerprint density at radius 2 is 2.04 bits per heavy atom. The Hall–Kier alpha value is -2.39. The normalized spacial score (nSPS) is 14.2. The van der Waals surface area contributed by atoms with Gasteiger partial charge < -0.3 is 19.0 Å². The summed E-state index contributed by atoms with van der Waals surface area (Å²) in [7, 11) is 1.62. The Bertz CT molecular complexity index is 804. The lowest BCUT2D eigenvalue weighted by atomic mass is 10.1. The largest absolute Gasteiger partial charge is 0.411 e. The molecule has 1 aromatic carbocycles. The zero-order chi connectivity index (χ0) is 19.2. The Morgan fingerprint density at radius 3 is 2.78 bits per heavy atom. The molecule has 0 spiro atoms. The minimum atomic E-state index is -0.170. The SMILES string of the molecule is Cc1cccc(-c2nnc(SCC(=O)N(C)CC(=O)N3CCOCC3)o2)c1. The summed E-state index contributed by atoms with van der Waals surface area (Å²) < 4.78 is 10.8. The number of aryl methyl sites for hydroxylation is 1. The molecule has 1 saturated heterocycles. The molecule has 27 heavy (non-hydrogen) atoms. The molecule has 2 aromatic rings.